The molecule has 2 aromatic rings. The summed E-state index contributed by atoms with van der Waals surface area (Å²) in [5.41, 5.74) is 0.117. The minimum Gasteiger partial charge on any atom is -0.225 e. The lowest BCUT2D eigenvalue weighted by Crippen LogP contribution is -1.94. The Morgan fingerprint density at radius 2 is 2.06 bits per heavy atom. The highest BCUT2D eigenvalue weighted by molar-refractivity contribution is 9.10. The van der Waals surface area contributed by atoms with Crippen molar-refractivity contribution in [1.29, 1.82) is 0 Å². The molecule has 0 N–H and O–H groups in total. The van der Waals surface area contributed by atoms with Gasteiger partial charge in [-0.2, -0.15) is 0 Å². The van der Waals surface area contributed by atoms with E-state index in [-0.39, 0.29) is 26.0 Å². The van der Waals surface area contributed by atoms with E-state index in [1.165, 1.54) is 12.1 Å². The molecule has 0 spiro atoms. The highest BCUT2D eigenvalue weighted by atomic mass is 79.9. The van der Waals surface area contributed by atoms with Gasteiger partial charge < -0.3 is 0 Å². The van der Waals surface area contributed by atoms with Crippen LogP contribution >= 0.6 is 39.1 Å². The van der Waals surface area contributed by atoms with Crippen molar-refractivity contribution in [3.05, 3.63) is 38.9 Å². The van der Waals surface area contributed by atoms with Crippen LogP contribution in [-0.2, 0) is 0 Å². The van der Waals surface area contributed by atoms with E-state index in [9.17, 15) is 4.39 Å². The van der Waals surface area contributed by atoms with Crippen LogP contribution in [0.3, 0.4) is 0 Å². The molecule has 0 aliphatic heterocycles. The Bertz CT molecular complexity index is 601. The van der Waals surface area contributed by atoms with Gasteiger partial charge in [-0.1, -0.05) is 29.8 Å². The van der Waals surface area contributed by atoms with E-state index in [2.05, 4.69) is 32.5 Å². The Kier molecular flexibility index (Phi) is 3.15. The Morgan fingerprint density at radius 1 is 1.38 bits per heavy atom. The lowest BCUT2D eigenvalue weighted by Gasteiger charge is -2.05. The monoisotopic (exact) mass is 320 g/mol. The molecular formula is C10H4BrCl2FN2. The smallest absolute Gasteiger partial charge is 0.165 e. The van der Waals surface area contributed by atoms with E-state index in [1.807, 2.05) is 0 Å². The third-order valence-electron chi connectivity index (χ3n) is 1.98. The van der Waals surface area contributed by atoms with Gasteiger partial charge in [0.05, 0.1) is 9.50 Å². The standard InChI is InChI=1S/C10H4BrCl2FN2/c1-2-6-15-9-4(10(13)16-6)3-5(12)7(11)8(9)14/h2-3H,1H2. The van der Waals surface area contributed by atoms with Crippen LogP contribution in [0.15, 0.2) is 17.1 Å². The summed E-state index contributed by atoms with van der Waals surface area (Å²) < 4.78 is 14.0. The number of nitrogens with zero attached hydrogens (tertiary/aromatic N) is 2. The molecule has 0 saturated carbocycles. The molecule has 2 nitrogen and oxygen atoms in total. The molecule has 1 heterocycles. The molecule has 0 aliphatic rings. The summed E-state index contributed by atoms with van der Waals surface area (Å²) in [5.74, 6) is -0.291. The van der Waals surface area contributed by atoms with E-state index in [4.69, 9.17) is 23.2 Å². The Labute approximate surface area is 109 Å². The molecular weight excluding hydrogens is 318 g/mol. The van der Waals surface area contributed by atoms with Crippen LogP contribution in [0.1, 0.15) is 5.82 Å². The average Bonchev–Trinajstić information content (AvgIpc) is 2.27. The van der Waals surface area contributed by atoms with Crippen molar-refractivity contribution >= 4 is 56.1 Å². The summed E-state index contributed by atoms with van der Waals surface area (Å²) in [6, 6.07) is 1.51. The van der Waals surface area contributed by atoms with Crippen molar-refractivity contribution in [1.82, 2.24) is 9.97 Å². The van der Waals surface area contributed by atoms with Gasteiger partial charge >= 0.3 is 0 Å². The Morgan fingerprint density at radius 3 is 2.69 bits per heavy atom. The molecule has 0 saturated heterocycles. The normalized spacial score (nSPS) is 10.8. The van der Waals surface area contributed by atoms with Crippen LogP contribution in [0.5, 0.6) is 0 Å². The third kappa shape index (κ3) is 1.81. The first-order valence-corrected chi connectivity index (χ1v) is 5.72. The van der Waals surface area contributed by atoms with Gasteiger partial charge in [0.15, 0.2) is 11.6 Å². The van der Waals surface area contributed by atoms with E-state index in [0.717, 1.165) is 0 Å². The molecule has 0 unspecified atom stereocenters. The van der Waals surface area contributed by atoms with Gasteiger partial charge in [0.25, 0.3) is 0 Å². The first-order chi connectivity index (χ1) is 7.54. The maximum Gasteiger partial charge on any atom is 0.165 e. The molecule has 0 fully saturated rings. The minimum atomic E-state index is -0.560. The van der Waals surface area contributed by atoms with E-state index < -0.39 is 5.82 Å². The first-order valence-electron chi connectivity index (χ1n) is 4.17. The van der Waals surface area contributed by atoms with Crippen molar-refractivity contribution in [2.75, 3.05) is 0 Å². The van der Waals surface area contributed by atoms with Gasteiger partial charge in [-0.25, -0.2) is 14.4 Å². The molecule has 82 valence electrons. The summed E-state index contributed by atoms with van der Waals surface area (Å²) in [6.45, 7) is 3.50. The van der Waals surface area contributed by atoms with E-state index in [0.29, 0.717) is 5.39 Å². The van der Waals surface area contributed by atoms with Gasteiger partial charge in [0.2, 0.25) is 0 Å². The summed E-state index contributed by atoms with van der Waals surface area (Å²) in [6.07, 6.45) is 1.40. The lowest BCUT2D eigenvalue weighted by molar-refractivity contribution is 0.630. The van der Waals surface area contributed by atoms with E-state index in [1.54, 1.807) is 0 Å². The SMILES string of the molecule is C=Cc1nc(Cl)c2cc(Cl)c(Br)c(F)c2n1. The fourth-order valence-electron chi connectivity index (χ4n) is 1.24. The predicted molar refractivity (Wildman–Crippen MR) is 67.3 cm³/mol. The largest absolute Gasteiger partial charge is 0.225 e. The Balaban J connectivity index is 2.96. The van der Waals surface area contributed by atoms with Gasteiger partial charge in [-0.3, -0.25) is 0 Å². The number of fused-ring (bicyclic) bond motifs is 1. The van der Waals surface area contributed by atoms with Crippen molar-refractivity contribution < 1.29 is 4.39 Å². The molecule has 16 heavy (non-hydrogen) atoms. The van der Waals surface area contributed by atoms with Gasteiger partial charge in [-0.05, 0) is 28.1 Å². The molecule has 6 heteroatoms. The van der Waals surface area contributed by atoms with Crippen LogP contribution in [0.2, 0.25) is 10.2 Å². The molecule has 0 atom stereocenters. The summed E-state index contributed by atoms with van der Waals surface area (Å²) >= 11 is 14.8. The average molecular weight is 322 g/mol. The summed E-state index contributed by atoms with van der Waals surface area (Å²) in [5, 5.41) is 0.744. The maximum absolute atomic E-state index is 13.8. The number of rotatable bonds is 1. The molecule has 0 bridgehead atoms. The summed E-state index contributed by atoms with van der Waals surface area (Å²) in [7, 11) is 0. The number of hydrogen-bond acceptors (Lipinski definition) is 2. The predicted octanol–water partition coefficient (Wildman–Crippen LogP) is 4.48. The van der Waals surface area contributed by atoms with Gasteiger partial charge in [0, 0.05) is 5.39 Å². The van der Waals surface area contributed by atoms with Crippen molar-refractivity contribution in [3.8, 4) is 0 Å². The van der Waals surface area contributed by atoms with Crippen molar-refractivity contribution in [2.45, 2.75) is 0 Å². The molecule has 0 amide bonds. The fraction of sp³-hybridized carbons (Fsp3) is 0. The second-order valence-electron chi connectivity index (χ2n) is 2.96. The fourth-order valence-corrected chi connectivity index (χ4v) is 1.97. The highest BCUT2D eigenvalue weighted by Crippen LogP contribution is 2.33. The Hall–Kier alpha value is -0.710. The molecule has 1 aromatic heterocycles. The second kappa shape index (κ2) is 4.28. The number of benzene rings is 1. The first kappa shape index (κ1) is 11.8. The van der Waals surface area contributed by atoms with Crippen LogP contribution in [0, 0.1) is 5.82 Å². The zero-order chi connectivity index (χ0) is 11.9. The summed E-state index contributed by atoms with van der Waals surface area (Å²) in [4.78, 5) is 7.91. The number of halogens is 4. The second-order valence-corrected chi connectivity index (χ2v) is 4.52. The molecule has 2 rings (SSSR count). The number of aromatic nitrogens is 2. The van der Waals surface area contributed by atoms with Gasteiger partial charge in [-0.15, -0.1) is 0 Å². The van der Waals surface area contributed by atoms with E-state index >= 15 is 0 Å². The van der Waals surface area contributed by atoms with Crippen LogP contribution in [0.25, 0.3) is 17.0 Å². The zero-order valence-corrected chi connectivity index (χ0v) is 10.9. The van der Waals surface area contributed by atoms with Gasteiger partial charge in [0.1, 0.15) is 10.7 Å². The number of hydrogen-bond donors (Lipinski definition) is 0. The molecule has 1 aromatic carbocycles. The molecule has 0 aliphatic carbocycles. The van der Waals surface area contributed by atoms with Crippen molar-refractivity contribution in [3.63, 3.8) is 0 Å². The zero-order valence-electron chi connectivity index (χ0n) is 7.77. The van der Waals surface area contributed by atoms with Crippen LogP contribution < -0.4 is 0 Å². The lowest BCUT2D eigenvalue weighted by atomic mass is 10.2. The topological polar surface area (TPSA) is 25.8 Å². The van der Waals surface area contributed by atoms with Crippen LogP contribution in [0.4, 0.5) is 4.39 Å². The maximum atomic E-state index is 13.8. The third-order valence-corrected chi connectivity index (χ3v) is 3.57. The quantitative estimate of drug-likeness (QED) is 0.571. The van der Waals surface area contributed by atoms with Crippen molar-refractivity contribution in [2.24, 2.45) is 0 Å². The minimum absolute atomic E-state index is 0.117. The highest BCUT2D eigenvalue weighted by Gasteiger charge is 2.14. The van der Waals surface area contributed by atoms with Crippen LogP contribution in [-0.4, -0.2) is 9.97 Å². The molecule has 0 radical (unpaired) electrons.